The Morgan fingerprint density at radius 3 is 2.79 bits per heavy atom. The summed E-state index contributed by atoms with van der Waals surface area (Å²) in [5.41, 5.74) is 1.21. The molecule has 0 aliphatic carbocycles. The van der Waals surface area contributed by atoms with E-state index in [2.05, 4.69) is 20.8 Å². The van der Waals surface area contributed by atoms with E-state index in [0.29, 0.717) is 40.3 Å². The highest BCUT2D eigenvalue weighted by atomic mass is 32.1. The molecule has 0 bridgehead atoms. The van der Waals surface area contributed by atoms with Crippen LogP contribution in [0.25, 0.3) is 10.8 Å². The first-order valence-corrected chi connectivity index (χ1v) is 8.23. The molecule has 8 heteroatoms. The van der Waals surface area contributed by atoms with Crippen LogP contribution in [0.3, 0.4) is 0 Å². The number of aromatic nitrogens is 2. The Balaban J connectivity index is 1.74. The molecule has 24 heavy (non-hydrogen) atoms. The second kappa shape index (κ2) is 7.14. The van der Waals surface area contributed by atoms with E-state index in [1.165, 1.54) is 11.3 Å². The summed E-state index contributed by atoms with van der Waals surface area (Å²) in [5.74, 6) is 1.54. The molecular weight excluding hydrogens is 328 g/mol. The smallest absolute Gasteiger partial charge is 0.323 e. The Hall–Kier alpha value is -2.87. The van der Waals surface area contributed by atoms with Crippen LogP contribution in [-0.4, -0.2) is 22.8 Å². The topological polar surface area (TPSA) is 89.3 Å². The SMILES string of the molecule is CCOc1ccccc1NC(=O)Nc1ccsc1-c1nc(C)no1. The maximum atomic E-state index is 12.3. The molecule has 0 aliphatic rings. The largest absolute Gasteiger partial charge is 0.492 e. The van der Waals surface area contributed by atoms with Gasteiger partial charge >= 0.3 is 6.03 Å². The zero-order valence-corrected chi connectivity index (χ0v) is 14.0. The molecule has 3 rings (SSSR count). The summed E-state index contributed by atoms with van der Waals surface area (Å²) in [6, 6.07) is 8.67. The fraction of sp³-hybridized carbons (Fsp3) is 0.188. The first-order valence-electron chi connectivity index (χ1n) is 7.35. The molecule has 124 valence electrons. The molecule has 0 unspecified atom stereocenters. The average molecular weight is 344 g/mol. The van der Waals surface area contributed by atoms with E-state index >= 15 is 0 Å². The number of carbonyl (C=O) groups is 1. The minimum Gasteiger partial charge on any atom is -0.492 e. The zero-order chi connectivity index (χ0) is 16.9. The van der Waals surface area contributed by atoms with E-state index in [4.69, 9.17) is 9.26 Å². The maximum absolute atomic E-state index is 12.3. The van der Waals surface area contributed by atoms with Gasteiger partial charge < -0.3 is 19.9 Å². The summed E-state index contributed by atoms with van der Waals surface area (Å²) < 4.78 is 10.7. The Morgan fingerprint density at radius 2 is 2.04 bits per heavy atom. The molecule has 7 nitrogen and oxygen atoms in total. The number of benzene rings is 1. The Morgan fingerprint density at radius 1 is 1.25 bits per heavy atom. The molecule has 0 spiro atoms. The average Bonchev–Trinajstić information content (AvgIpc) is 3.18. The lowest BCUT2D eigenvalue weighted by Crippen LogP contribution is -2.20. The van der Waals surface area contributed by atoms with Gasteiger partial charge in [0.05, 0.1) is 18.0 Å². The fourth-order valence-corrected chi connectivity index (χ4v) is 2.86. The molecule has 0 atom stereocenters. The molecule has 1 aromatic carbocycles. The van der Waals surface area contributed by atoms with Crippen molar-refractivity contribution < 1.29 is 14.1 Å². The standard InChI is InChI=1S/C16H16N4O3S/c1-3-22-13-7-5-4-6-11(13)18-16(21)19-12-8-9-24-14(12)15-17-10(2)20-23-15/h4-9H,3H2,1-2H3,(H2,18,19,21). The van der Waals surface area contributed by atoms with Gasteiger partial charge in [-0.1, -0.05) is 17.3 Å². The summed E-state index contributed by atoms with van der Waals surface area (Å²) >= 11 is 1.41. The maximum Gasteiger partial charge on any atom is 0.323 e. The molecule has 2 aromatic heterocycles. The Kier molecular flexibility index (Phi) is 4.76. The number of rotatable bonds is 5. The highest BCUT2D eigenvalue weighted by molar-refractivity contribution is 7.14. The predicted molar refractivity (Wildman–Crippen MR) is 92.6 cm³/mol. The van der Waals surface area contributed by atoms with Gasteiger partial charge in [-0.3, -0.25) is 0 Å². The van der Waals surface area contributed by atoms with Gasteiger partial charge in [0.1, 0.15) is 10.6 Å². The van der Waals surface area contributed by atoms with Gasteiger partial charge in [0.25, 0.3) is 5.89 Å². The van der Waals surface area contributed by atoms with Crippen molar-refractivity contribution in [1.29, 1.82) is 0 Å². The van der Waals surface area contributed by atoms with Crippen LogP contribution in [0.4, 0.5) is 16.2 Å². The summed E-state index contributed by atoms with van der Waals surface area (Å²) in [4.78, 5) is 17.2. The number of urea groups is 1. The van der Waals surface area contributed by atoms with E-state index in [1.54, 1.807) is 25.1 Å². The lowest BCUT2D eigenvalue weighted by atomic mass is 10.3. The van der Waals surface area contributed by atoms with Crippen LogP contribution >= 0.6 is 11.3 Å². The van der Waals surface area contributed by atoms with Crippen molar-refractivity contribution in [1.82, 2.24) is 10.1 Å². The van der Waals surface area contributed by atoms with E-state index in [1.807, 2.05) is 24.4 Å². The zero-order valence-electron chi connectivity index (χ0n) is 13.2. The minimum atomic E-state index is -0.377. The van der Waals surface area contributed by atoms with Crippen LogP contribution in [0.15, 0.2) is 40.2 Å². The van der Waals surface area contributed by atoms with Crippen molar-refractivity contribution in [2.75, 3.05) is 17.2 Å². The highest BCUT2D eigenvalue weighted by Crippen LogP contribution is 2.32. The normalized spacial score (nSPS) is 10.4. The molecule has 0 saturated heterocycles. The number of ether oxygens (including phenoxy) is 1. The number of para-hydroxylation sites is 2. The van der Waals surface area contributed by atoms with Crippen molar-refractivity contribution in [3.05, 3.63) is 41.5 Å². The molecule has 3 aromatic rings. The lowest BCUT2D eigenvalue weighted by molar-refractivity contribution is 0.262. The predicted octanol–water partition coefficient (Wildman–Crippen LogP) is 4.15. The van der Waals surface area contributed by atoms with Gasteiger partial charge in [-0.25, -0.2) is 4.79 Å². The third kappa shape index (κ3) is 3.54. The van der Waals surface area contributed by atoms with Crippen LogP contribution in [0.5, 0.6) is 5.75 Å². The molecule has 0 radical (unpaired) electrons. The van der Waals surface area contributed by atoms with Crippen LogP contribution in [0.2, 0.25) is 0 Å². The number of aryl methyl sites for hydroxylation is 1. The van der Waals surface area contributed by atoms with Gasteiger partial charge in [-0.2, -0.15) is 4.98 Å². The van der Waals surface area contributed by atoms with Gasteiger partial charge in [-0.15, -0.1) is 11.3 Å². The third-order valence-electron chi connectivity index (χ3n) is 3.07. The summed E-state index contributed by atoms with van der Waals surface area (Å²) in [6.45, 7) is 4.15. The van der Waals surface area contributed by atoms with Crippen molar-refractivity contribution >= 4 is 28.7 Å². The van der Waals surface area contributed by atoms with E-state index < -0.39 is 0 Å². The Labute approximate surface area is 142 Å². The van der Waals surface area contributed by atoms with Crippen LogP contribution in [0.1, 0.15) is 12.7 Å². The van der Waals surface area contributed by atoms with Gasteiger partial charge in [0.15, 0.2) is 5.82 Å². The van der Waals surface area contributed by atoms with E-state index in [0.717, 1.165) is 0 Å². The van der Waals surface area contributed by atoms with Crippen molar-refractivity contribution in [3.8, 4) is 16.5 Å². The number of hydrogen-bond acceptors (Lipinski definition) is 6. The number of amides is 2. The molecule has 2 N–H and O–H groups in total. The number of nitrogens with zero attached hydrogens (tertiary/aromatic N) is 2. The lowest BCUT2D eigenvalue weighted by Gasteiger charge is -2.11. The number of hydrogen-bond donors (Lipinski definition) is 2. The third-order valence-corrected chi connectivity index (χ3v) is 3.97. The van der Waals surface area contributed by atoms with Crippen molar-refractivity contribution in [2.24, 2.45) is 0 Å². The molecule has 0 fully saturated rings. The Bertz CT molecular complexity index is 843. The van der Waals surface area contributed by atoms with Crippen LogP contribution in [-0.2, 0) is 0 Å². The number of nitrogens with one attached hydrogen (secondary N) is 2. The number of carbonyl (C=O) groups excluding carboxylic acids is 1. The summed E-state index contributed by atoms with van der Waals surface area (Å²) in [7, 11) is 0. The van der Waals surface area contributed by atoms with Crippen molar-refractivity contribution in [3.63, 3.8) is 0 Å². The minimum absolute atomic E-state index is 0.377. The first-order chi connectivity index (χ1) is 11.7. The summed E-state index contributed by atoms with van der Waals surface area (Å²) in [6.07, 6.45) is 0. The molecule has 2 heterocycles. The second-order valence-corrected chi connectivity index (χ2v) is 5.73. The highest BCUT2D eigenvalue weighted by Gasteiger charge is 2.16. The van der Waals surface area contributed by atoms with Gasteiger partial charge in [0.2, 0.25) is 0 Å². The second-order valence-electron chi connectivity index (χ2n) is 4.82. The molecule has 0 saturated carbocycles. The molecular formula is C16H16N4O3S. The number of anilines is 2. The van der Waals surface area contributed by atoms with E-state index in [9.17, 15) is 4.79 Å². The van der Waals surface area contributed by atoms with Gasteiger partial charge in [-0.05, 0) is 37.4 Å². The number of thiophene rings is 1. The van der Waals surface area contributed by atoms with Gasteiger partial charge in [0, 0.05) is 0 Å². The molecule has 0 aliphatic heterocycles. The fourth-order valence-electron chi connectivity index (χ4n) is 2.09. The van der Waals surface area contributed by atoms with Crippen LogP contribution < -0.4 is 15.4 Å². The quantitative estimate of drug-likeness (QED) is 0.726. The summed E-state index contributed by atoms with van der Waals surface area (Å²) in [5, 5.41) is 11.2. The van der Waals surface area contributed by atoms with Crippen molar-refractivity contribution in [2.45, 2.75) is 13.8 Å². The first kappa shape index (κ1) is 16.0. The monoisotopic (exact) mass is 344 g/mol. The van der Waals surface area contributed by atoms with Crippen LogP contribution in [0, 0.1) is 6.92 Å². The van der Waals surface area contributed by atoms with E-state index in [-0.39, 0.29) is 6.03 Å². The molecule has 2 amide bonds.